The molecule has 6 heteroatoms. The van der Waals surface area contributed by atoms with E-state index in [0.717, 1.165) is 32.2 Å². The zero-order valence-corrected chi connectivity index (χ0v) is 20.4. The van der Waals surface area contributed by atoms with E-state index in [1.54, 1.807) is 36.0 Å². The summed E-state index contributed by atoms with van der Waals surface area (Å²) in [5, 5.41) is 0.617. The molecule has 2 aromatic carbocycles. The van der Waals surface area contributed by atoms with Gasteiger partial charge in [0, 0.05) is 22.5 Å². The van der Waals surface area contributed by atoms with Gasteiger partial charge in [-0.1, -0.05) is 47.5 Å². The van der Waals surface area contributed by atoms with Gasteiger partial charge in [0.2, 0.25) is 5.78 Å². The van der Waals surface area contributed by atoms with Gasteiger partial charge < -0.3 is 0 Å². The van der Waals surface area contributed by atoms with Crippen LogP contribution in [0, 0.1) is 20.8 Å². The number of pyridine rings is 1. The van der Waals surface area contributed by atoms with Crippen molar-refractivity contribution in [2.24, 2.45) is 0 Å². The Balaban J connectivity index is 1.65. The third kappa shape index (κ3) is 3.85. The fourth-order valence-corrected chi connectivity index (χ4v) is 6.38. The van der Waals surface area contributed by atoms with Crippen molar-refractivity contribution in [2.45, 2.75) is 30.7 Å². The van der Waals surface area contributed by atoms with Gasteiger partial charge in [-0.15, -0.1) is 23.1 Å². The summed E-state index contributed by atoms with van der Waals surface area (Å²) in [4.78, 5) is 19.0. The van der Waals surface area contributed by atoms with Crippen molar-refractivity contribution >= 4 is 57.2 Å². The molecular weight excluding hydrogens is 456 g/mol. The van der Waals surface area contributed by atoms with Crippen molar-refractivity contribution in [1.82, 2.24) is 9.38 Å². The molecule has 3 aromatic heterocycles. The maximum absolute atomic E-state index is 13.4. The zero-order chi connectivity index (χ0) is 22.4. The van der Waals surface area contributed by atoms with Gasteiger partial charge in [0.1, 0.15) is 16.0 Å². The number of rotatable bonds is 5. The number of halogens is 1. The molecule has 0 N–H and O–H groups in total. The van der Waals surface area contributed by atoms with Gasteiger partial charge in [-0.2, -0.15) is 0 Å². The van der Waals surface area contributed by atoms with E-state index in [2.05, 4.69) is 61.7 Å². The van der Waals surface area contributed by atoms with Crippen LogP contribution in [0.2, 0.25) is 5.02 Å². The number of aryl methyl sites for hydroxylation is 3. The number of aromatic nitrogens is 2. The highest BCUT2D eigenvalue weighted by Crippen LogP contribution is 2.41. The van der Waals surface area contributed by atoms with Gasteiger partial charge in [-0.3, -0.25) is 9.20 Å². The predicted octanol–water partition coefficient (Wildman–Crippen LogP) is 7.65. The van der Waals surface area contributed by atoms with Crippen LogP contribution in [0.15, 0.2) is 65.0 Å². The molecule has 0 saturated carbocycles. The summed E-state index contributed by atoms with van der Waals surface area (Å²) >= 11 is 9.32. The van der Waals surface area contributed by atoms with Crippen LogP contribution in [0.25, 0.3) is 16.7 Å². The molecule has 0 radical (unpaired) electrons. The van der Waals surface area contributed by atoms with Gasteiger partial charge in [0.05, 0.1) is 9.73 Å². The number of thiophene rings is 1. The number of benzene rings is 2. The largest absolute Gasteiger partial charge is 0.297 e. The molecule has 0 unspecified atom stereocenters. The molecule has 0 spiro atoms. The Bertz CT molecular complexity index is 1460. The fraction of sp³-hybridized carbons (Fsp3) is 0.154. The number of hydrogen-bond acceptors (Lipinski definition) is 4. The molecule has 5 aromatic rings. The molecule has 0 aliphatic carbocycles. The third-order valence-electron chi connectivity index (χ3n) is 5.45. The quantitative estimate of drug-likeness (QED) is 0.193. The van der Waals surface area contributed by atoms with Crippen molar-refractivity contribution in [1.29, 1.82) is 0 Å². The number of carbonyl (C=O) groups excluding carboxylic acids is 1. The lowest BCUT2D eigenvalue weighted by Gasteiger charge is -2.04. The number of hydrogen-bond donors (Lipinski definition) is 0. The first-order valence-electron chi connectivity index (χ1n) is 10.3. The minimum Gasteiger partial charge on any atom is -0.297 e. The predicted molar refractivity (Wildman–Crippen MR) is 136 cm³/mol. The molecule has 32 heavy (non-hydrogen) atoms. The number of carbonyl (C=O) groups is 1. The second-order valence-corrected chi connectivity index (χ2v) is 10.7. The molecule has 0 fully saturated rings. The van der Waals surface area contributed by atoms with Crippen molar-refractivity contribution in [3.8, 4) is 0 Å². The van der Waals surface area contributed by atoms with Crippen LogP contribution in [-0.4, -0.2) is 15.2 Å². The van der Waals surface area contributed by atoms with Crippen LogP contribution in [0.4, 0.5) is 0 Å². The van der Waals surface area contributed by atoms with Gasteiger partial charge in [-0.25, -0.2) is 4.98 Å². The molecule has 3 heterocycles. The number of thioether (sulfide) groups is 1. The summed E-state index contributed by atoms with van der Waals surface area (Å²) in [6.07, 6.45) is 2.11. The Labute approximate surface area is 200 Å². The number of fused-ring (bicyclic) bond motifs is 3. The minimum atomic E-state index is -0.0170. The molecule has 160 valence electrons. The average Bonchev–Trinajstić information content (AvgIpc) is 3.32. The fourth-order valence-electron chi connectivity index (χ4n) is 3.84. The van der Waals surface area contributed by atoms with Crippen molar-refractivity contribution < 1.29 is 4.79 Å². The highest BCUT2D eigenvalue weighted by atomic mass is 35.5. The Kier molecular flexibility index (Phi) is 5.58. The summed E-state index contributed by atoms with van der Waals surface area (Å²) in [7, 11) is 0. The van der Waals surface area contributed by atoms with Crippen LogP contribution >= 0.6 is 34.7 Å². The second-order valence-electron chi connectivity index (χ2n) is 8.03. The summed E-state index contributed by atoms with van der Waals surface area (Å²) in [6, 6.07) is 17.8. The Morgan fingerprint density at radius 2 is 1.75 bits per heavy atom. The maximum atomic E-state index is 13.4. The van der Waals surface area contributed by atoms with Gasteiger partial charge >= 0.3 is 0 Å². The number of imidazole rings is 1. The highest BCUT2D eigenvalue weighted by molar-refractivity contribution is 8.00. The zero-order valence-electron chi connectivity index (χ0n) is 18.0. The van der Waals surface area contributed by atoms with E-state index in [0.29, 0.717) is 15.5 Å². The van der Waals surface area contributed by atoms with Crippen LogP contribution in [-0.2, 0) is 5.75 Å². The summed E-state index contributed by atoms with van der Waals surface area (Å²) in [6.45, 7) is 6.25. The average molecular weight is 477 g/mol. The second kappa shape index (κ2) is 8.39. The molecule has 0 saturated heterocycles. The molecule has 0 aliphatic heterocycles. The van der Waals surface area contributed by atoms with Crippen molar-refractivity contribution in [2.75, 3.05) is 0 Å². The summed E-state index contributed by atoms with van der Waals surface area (Å²) in [5.74, 6) is 0.819. The van der Waals surface area contributed by atoms with Crippen LogP contribution < -0.4 is 0 Å². The lowest BCUT2D eigenvalue weighted by Crippen LogP contribution is -1.98. The van der Waals surface area contributed by atoms with E-state index in [4.69, 9.17) is 16.6 Å². The van der Waals surface area contributed by atoms with Crippen molar-refractivity contribution in [3.63, 3.8) is 0 Å². The van der Waals surface area contributed by atoms with Crippen LogP contribution in [0.1, 0.15) is 37.5 Å². The van der Waals surface area contributed by atoms with Gasteiger partial charge in [0.15, 0.2) is 0 Å². The maximum Gasteiger partial charge on any atom is 0.205 e. The van der Waals surface area contributed by atoms with E-state index >= 15 is 0 Å². The lowest BCUT2D eigenvalue weighted by atomic mass is 10.1. The molecule has 0 bridgehead atoms. The van der Waals surface area contributed by atoms with Crippen LogP contribution in [0.5, 0.6) is 0 Å². The van der Waals surface area contributed by atoms with Crippen molar-refractivity contribution in [3.05, 3.63) is 98.5 Å². The van der Waals surface area contributed by atoms with Crippen LogP contribution in [0.3, 0.4) is 0 Å². The molecule has 0 atom stereocenters. The van der Waals surface area contributed by atoms with E-state index in [9.17, 15) is 4.79 Å². The molecule has 0 aliphatic rings. The number of nitrogens with zero attached hydrogens (tertiary/aromatic N) is 2. The monoisotopic (exact) mass is 476 g/mol. The van der Waals surface area contributed by atoms with E-state index in [1.165, 1.54) is 28.0 Å². The van der Waals surface area contributed by atoms with E-state index in [1.807, 2.05) is 0 Å². The SMILES string of the molecule is Cc1ccc(CSc2sc(C(=O)c3ccc(Cl)cc3)c3nc4c(C)cc(C)cn4c23)cc1. The van der Waals surface area contributed by atoms with E-state index in [-0.39, 0.29) is 5.78 Å². The lowest BCUT2D eigenvalue weighted by molar-refractivity contribution is 0.104. The normalized spacial score (nSPS) is 11.5. The molecule has 3 nitrogen and oxygen atoms in total. The number of ketones is 1. The smallest absolute Gasteiger partial charge is 0.205 e. The summed E-state index contributed by atoms with van der Waals surface area (Å²) < 4.78 is 3.25. The molecule has 5 rings (SSSR count). The highest BCUT2D eigenvalue weighted by Gasteiger charge is 2.24. The Morgan fingerprint density at radius 3 is 2.47 bits per heavy atom. The molecule has 0 amide bonds. The molecular formula is C26H21ClN2OS2. The third-order valence-corrected chi connectivity index (χ3v) is 8.20. The Morgan fingerprint density at radius 1 is 1.03 bits per heavy atom. The topological polar surface area (TPSA) is 34.4 Å². The first kappa shape index (κ1) is 21.3. The van der Waals surface area contributed by atoms with E-state index < -0.39 is 0 Å². The standard InChI is InChI=1S/C26H21ClN2OS2/c1-15-4-6-18(7-5-15)14-31-26-22-21(28-25-17(3)12-16(2)13-29(22)25)24(32-26)23(30)19-8-10-20(27)11-9-19/h4-13H,14H2,1-3H3. The summed E-state index contributed by atoms with van der Waals surface area (Å²) in [5.41, 5.74) is 8.09. The first-order chi connectivity index (χ1) is 15.4. The first-order valence-corrected chi connectivity index (χ1v) is 12.5. The minimum absolute atomic E-state index is 0.0170. The Hall–Kier alpha value is -2.60. The van der Waals surface area contributed by atoms with Gasteiger partial charge in [0.25, 0.3) is 0 Å². The van der Waals surface area contributed by atoms with Gasteiger partial charge in [-0.05, 0) is 61.7 Å².